The van der Waals surface area contributed by atoms with Crippen LogP contribution in [0.3, 0.4) is 0 Å². The maximum Gasteiger partial charge on any atom is 0.270 e. The highest BCUT2D eigenvalue weighted by atomic mass is 16.5. The molecule has 1 atom stereocenters. The Morgan fingerprint density at radius 3 is 2.73 bits per heavy atom. The summed E-state index contributed by atoms with van der Waals surface area (Å²) in [4.78, 5) is 30.1. The van der Waals surface area contributed by atoms with Crippen LogP contribution in [0, 0.1) is 18.8 Å². The lowest BCUT2D eigenvalue weighted by Gasteiger charge is -2.23. The van der Waals surface area contributed by atoms with Gasteiger partial charge in [0.2, 0.25) is 0 Å². The molecule has 0 aliphatic carbocycles. The molecular formula is C26H27N5O6. The monoisotopic (exact) mass is 505 g/mol. The van der Waals surface area contributed by atoms with Crippen molar-refractivity contribution in [1.82, 2.24) is 20.0 Å². The van der Waals surface area contributed by atoms with Gasteiger partial charge in [0, 0.05) is 30.9 Å². The number of aromatic nitrogens is 3. The van der Waals surface area contributed by atoms with Gasteiger partial charge in [-0.2, -0.15) is 0 Å². The van der Waals surface area contributed by atoms with E-state index in [9.17, 15) is 14.7 Å². The smallest absolute Gasteiger partial charge is 0.270 e. The molecule has 2 aliphatic rings. The van der Waals surface area contributed by atoms with Crippen LogP contribution in [-0.2, 0) is 16.9 Å². The fourth-order valence-electron chi connectivity index (χ4n) is 4.38. The third-order valence-corrected chi connectivity index (χ3v) is 6.34. The molecule has 0 radical (unpaired) electrons. The fourth-order valence-corrected chi connectivity index (χ4v) is 4.38. The molecule has 2 aliphatic heterocycles. The van der Waals surface area contributed by atoms with Gasteiger partial charge in [-0.3, -0.25) is 9.59 Å². The number of aryl methyl sites for hydroxylation is 1. The summed E-state index contributed by atoms with van der Waals surface area (Å²) in [6, 6.07) is 6.79. The number of hydrogen-bond acceptors (Lipinski definition) is 8. The maximum absolute atomic E-state index is 13.3. The van der Waals surface area contributed by atoms with Gasteiger partial charge in [0.05, 0.1) is 12.1 Å². The maximum atomic E-state index is 13.3. The standard InChI is InChI=1S/C26H27N5O6/c1-15-13-20(30-37-15)26(2,34)8-5-16-3-4-19-18(14-16)24-29-21(23(27)32)22(31(24)9-12-36-19)25(33)28-17-6-10-35-11-7-17/h3-4,13-14,17,34H,6-7,9-12H2,1-2H3,(H2,27,32)(H,28,33). The zero-order valence-corrected chi connectivity index (χ0v) is 20.5. The van der Waals surface area contributed by atoms with Crippen molar-refractivity contribution in [3.05, 3.63) is 52.7 Å². The Morgan fingerprint density at radius 2 is 2.03 bits per heavy atom. The number of carbonyl (C=O) groups is 2. The van der Waals surface area contributed by atoms with Crippen molar-refractivity contribution < 1.29 is 28.7 Å². The number of imidazole rings is 1. The van der Waals surface area contributed by atoms with Crippen molar-refractivity contribution in [3.8, 4) is 29.0 Å². The van der Waals surface area contributed by atoms with E-state index >= 15 is 0 Å². The molecule has 0 spiro atoms. The molecule has 1 aromatic carbocycles. The number of nitrogens with zero attached hydrogens (tertiary/aromatic N) is 3. The number of rotatable bonds is 4. The van der Waals surface area contributed by atoms with Crippen LogP contribution in [0.2, 0.25) is 0 Å². The van der Waals surface area contributed by atoms with Crippen LogP contribution in [0.15, 0.2) is 28.8 Å². The lowest BCUT2D eigenvalue weighted by molar-refractivity contribution is 0.0689. The zero-order chi connectivity index (χ0) is 26.2. The van der Waals surface area contributed by atoms with Crippen molar-refractivity contribution >= 4 is 11.8 Å². The molecule has 1 unspecified atom stereocenters. The van der Waals surface area contributed by atoms with E-state index in [0.717, 1.165) is 0 Å². The molecule has 4 N–H and O–H groups in total. The summed E-state index contributed by atoms with van der Waals surface area (Å²) in [7, 11) is 0. The molecule has 5 rings (SSSR count). The van der Waals surface area contributed by atoms with E-state index in [4.69, 9.17) is 19.7 Å². The Morgan fingerprint density at radius 1 is 1.24 bits per heavy atom. The second kappa shape index (κ2) is 9.72. The SMILES string of the molecule is Cc1cc(C(C)(O)C#Cc2ccc3c(c2)-c2nc(C(N)=O)c(C(=O)NC4CCOCC4)n2CCO3)no1. The van der Waals surface area contributed by atoms with Crippen molar-refractivity contribution in [1.29, 1.82) is 0 Å². The van der Waals surface area contributed by atoms with Crippen molar-refractivity contribution in [2.45, 2.75) is 44.9 Å². The van der Waals surface area contributed by atoms with Crippen molar-refractivity contribution in [2.75, 3.05) is 19.8 Å². The summed E-state index contributed by atoms with van der Waals surface area (Å²) in [6.45, 7) is 4.93. The van der Waals surface area contributed by atoms with Crippen LogP contribution in [-0.4, -0.2) is 57.5 Å². The number of nitrogens with one attached hydrogen (secondary N) is 1. The van der Waals surface area contributed by atoms with Gasteiger partial charge >= 0.3 is 0 Å². The minimum Gasteiger partial charge on any atom is -0.491 e. The Labute approximate surface area is 212 Å². The second-order valence-electron chi connectivity index (χ2n) is 9.21. The largest absolute Gasteiger partial charge is 0.491 e. The molecule has 0 bridgehead atoms. The number of hydrogen-bond donors (Lipinski definition) is 3. The molecule has 1 fully saturated rings. The quantitative estimate of drug-likeness (QED) is 0.451. The van der Waals surface area contributed by atoms with Crippen LogP contribution < -0.4 is 15.8 Å². The van der Waals surface area contributed by atoms with Crippen molar-refractivity contribution in [2.24, 2.45) is 5.73 Å². The molecule has 2 amide bonds. The molecule has 0 saturated carbocycles. The summed E-state index contributed by atoms with van der Waals surface area (Å²) < 4.78 is 18.0. The van der Waals surface area contributed by atoms with Gasteiger partial charge in [-0.05, 0) is 44.9 Å². The number of fused-ring (bicyclic) bond motifs is 3. The Bertz CT molecular complexity index is 1420. The summed E-state index contributed by atoms with van der Waals surface area (Å²) >= 11 is 0. The molecule has 2 aromatic heterocycles. The molecule has 1 saturated heterocycles. The molecule has 192 valence electrons. The number of amides is 2. The first kappa shape index (κ1) is 24.5. The third-order valence-electron chi connectivity index (χ3n) is 6.34. The minimum absolute atomic E-state index is 0.0642. The van der Waals surface area contributed by atoms with Crippen LogP contribution in [0.1, 0.15) is 57.8 Å². The predicted molar refractivity (Wildman–Crippen MR) is 131 cm³/mol. The number of carbonyl (C=O) groups excluding carboxylic acids is 2. The minimum atomic E-state index is -1.53. The van der Waals surface area contributed by atoms with E-state index < -0.39 is 17.4 Å². The molecule has 3 aromatic rings. The Balaban J connectivity index is 1.52. The second-order valence-corrected chi connectivity index (χ2v) is 9.21. The lowest BCUT2D eigenvalue weighted by Crippen LogP contribution is -2.40. The van der Waals surface area contributed by atoms with Crippen LogP contribution in [0.5, 0.6) is 5.75 Å². The third kappa shape index (κ3) is 4.94. The molecule has 11 heteroatoms. The lowest BCUT2D eigenvalue weighted by atomic mass is 10.0. The number of aliphatic hydroxyl groups is 1. The summed E-state index contributed by atoms with van der Waals surface area (Å²) in [5, 5.41) is 17.6. The van der Waals surface area contributed by atoms with E-state index in [1.165, 1.54) is 6.92 Å². The topological polar surface area (TPSA) is 155 Å². The van der Waals surface area contributed by atoms with E-state index in [0.29, 0.717) is 66.8 Å². The van der Waals surface area contributed by atoms with Gasteiger partial charge in [0.15, 0.2) is 11.3 Å². The van der Waals surface area contributed by atoms with Gasteiger partial charge in [-0.25, -0.2) is 4.98 Å². The van der Waals surface area contributed by atoms with E-state index in [1.54, 1.807) is 35.8 Å². The highest BCUT2D eigenvalue weighted by Crippen LogP contribution is 2.34. The van der Waals surface area contributed by atoms with Crippen LogP contribution in [0.4, 0.5) is 0 Å². The van der Waals surface area contributed by atoms with Gasteiger partial charge in [-0.15, -0.1) is 0 Å². The van der Waals surface area contributed by atoms with Crippen LogP contribution >= 0.6 is 0 Å². The van der Waals surface area contributed by atoms with Crippen molar-refractivity contribution in [3.63, 3.8) is 0 Å². The van der Waals surface area contributed by atoms with E-state index in [-0.39, 0.29) is 24.0 Å². The normalized spacial score (nSPS) is 16.7. The highest BCUT2D eigenvalue weighted by Gasteiger charge is 2.31. The number of ether oxygens (including phenoxy) is 2. The highest BCUT2D eigenvalue weighted by molar-refractivity contribution is 6.05. The summed E-state index contributed by atoms with van der Waals surface area (Å²) in [5.41, 5.74) is 5.51. The zero-order valence-electron chi connectivity index (χ0n) is 20.5. The Kier molecular flexibility index (Phi) is 6.45. The predicted octanol–water partition coefficient (Wildman–Crippen LogP) is 1.51. The van der Waals surface area contributed by atoms with E-state index in [1.807, 2.05) is 0 Å². The van der Waals surface area contributed by atoms with Gasteiger partial charge < -0.3 is 34.7 Å². The molecule has 11 nitrogen and oxygen atoms in total. The van der Waals surface area contributed by atoms with Gasteiger partial charge in [-0.1, -0.05) is 17.0 Å². The van der Waals surface area contributed by atoms with Crippen LogP contribution in [0.25, 0.3) is 11.4 Å². The molecule has 37 heavy (non-hydrogen) atoms. The molecule has 4 heterocycles. The average molecular weight is 506 g/mol. The molecular weight excluding hydrogens is 478 g/mol. The first-order chi connectivity index (χ1) is 17.7. The number of nitrogens with two attached hydrogens (primary N) is 1. The number of primary amides is 1. The average Bonchev–Trinajstić information content (AvgIpc) is 3.44. The van der Waals surface area contributed by atoms with E-state index in [2.05, 4.69) is 27.3 Å². The summed E-state index contributed by atoms with van der Waals surface area (Å²) in [6.07, 6.45) is 1.37. The Hall–Kier alpha value is -4.14. The van der Waals surface area contributed by atoms with Gasteiger partial charge in [0.25, 0.3) is 11.8 Å². The fraction of sp³-hybridized carbons (Fsp3) is 0.385. The summed E-state index contributed by atoms with van der Waals surface area (Å²) in [5.74, 6) is 6.03. The van der Waals surface area contributed by atoms with Gasteiger partial charge in [0.1, 0.15) is 35.3 Å². The first-order valence-corrected chi connectivity index (χ1v) is 12.0. The first-order valence-electron chi connectivity index (χ1n) is 12.0. The number of benzene rings is 1.